The minimum atomic E-state index is -0.837. The molecule has 98 valence electrons. The zero-order valence-corrected chi connectivity index (χ0v) is 10.9. The van der Waals surface area contributed by atoms with Gasteiger partial charge in [-0.05, 0) is 39.8 Å². The molecule has 0 spiro atoms. The van der Waals surface area contributed by atoms with Crippen molar-refractivity contribution < 1.29 is 9.90 Å². The molecule has 0 amide bonds. The van der Waals surface area contributed by atoms with E-state index < -0.39 is 5.97 Å². The van der Waals surface area contributed by atoms with Gasteiger partial charge in [-0.15, -0.1) is 0 Å². The van der Waals surface area contributed by atoms with Gasteiger partial charge in [0.15, 0.2) is 0 Å². The van der Waals surface area contributed by atoms with Crippen LogP contribution in [0.1, 0.15) is 33.1 Å². The van der Waals surface area contributed by atoms with Crippen molar-refractivity contribution in [1.29, 1.82) is 0 Å². The van der Waals surface area contributed by atoms with E-state index in [9.17, 15) is 4.79 Å². The van der Waals surface area contributed by atoms with E-state index in [2.05, 4.69) is 17.1 Å². The van der Waals surface area contributed by atoms with Gasteiger partial charge in [0.1, 0.15) is 0 Å². The van der Waals surface area contributed by atoms with E-state index in [1.165, 1.54) is 32.4 Å². The Bertz CT molecular complexity index is 271. The van der Waals surface area contributed by atoms with E-state index in [1.807, 2.05) is 0 Å². The third kappa shape index (κ3) is 5.33. The average molecular weight is 240 g/mol. The second-order valence-corrected chi connectivity index (χ2v) is 4.80. The quantitative estimate of drug-likeness (QED) is 0.545. The predicted molar refractivity (Wildman–Crippen MR) is 69.1 cm³/mol. The molecule has 2 N–H and O–H groups in total. The van der Waals surface area contributed by atoms with Crippen molar-refractivity contribution in [2.24, 2.45) is 0 Å². The number of carboxylic acids is 1. The van der Waals surface area contributed by atoms with Crippen LogP contribution in [0.5, 0.6) is 0 Å². The van der Waals surface area contributed by atoms with E-state index in [0.29, 0.717) is 18.2 Å². The second kappa shape index (κ2) is 7.45. The summed E-state index contributed by atoms with van der Waals surface area (Å²) in [5, 5.41) is 12.0. The highest BCUT2D eigenvalue weighted by atomic mass is 16.4. The molecule has 0 aromatic heterocycles. The number of hydrogen-bond donors (Lipinski definition) is 2. The Kier molecular flexibility index (Phi) is 6.22. The smallest absolute Gasteiger partial charge is 0.330 e. The molecule has 1 atom stereocenters. The zero-order chi connectivity index (χ0) is 12.7. The first-order valence-electron chi connectivity index (χ1n) is 6.46. The molecule has 1 heterocycles. The van der Waals surface area contributed by atoms with Crippen molar-refractivity contribution >= 4 is 5.97 Å². The summed E-state index contributed by atoms with van der Waals surface area (Å²) in [5.74, 6) is -0.837. The molecule has 0 aromatic carbocycles. The standard InChI is InChI=1S/C13H24N2O2/c1-11(13(16)17)6-7-14-10-12(2)15-8-4-3-5-9-15/h6,12,14H,3-5,7-10H2,1-2H3,(H,16,17)/b11-6-. The maximum absolute atomic E-state index is 10.6. The van der Waals surface area contributed by atoms with Gasteiger partial charge in [0.2, 0.25) is 0 Å². The summed E-state index contributed by atoms with van der Waals surface area (Å²) in [6.07, 6.45) is 5.70. The van der Waals surface area contributed by atoms with Crippen LogP contribution in [0.25, 0.3) is 0 Å². The molecule has 1 rings (SSSR count). The van der Waals surface area contributed by atoms with Crippen molar-refractivity contribution in [3.63, 3.8) is 0 Å². The molecule has 4 heteroatoms. The first-order valence-corrected chi connectivity index (χ1v) is 6.46. The third-order valence-corrected chi connectivity index (χ3v) is 3.34. The summed E-state index contributed by atoms with van der Waals surface area (Å²) in [6.45, 7) is 7.81. The molecular weight excluding hydrogens is 216 g/mol. The number of hydrogen-bond acceptors (Lipinski definition) is 3. The molecule has 17 heavy (non-hydrogen) atoms. The molecule has 4 nitrogen and oxygen atoms in total. The van der Waals surface area contributed by atoms with Crippen LogP contribution in [0, 0.1) is 0 Å². The largest absolute Gasteiger partial charge is 0.478 e. The molecule has 0 aromatic rings. The number of rotatable bonds is 6. The molecule has 0 bridgehead atoms. The van der Waals surface area contributed by atoms with Crippen LogP contribution in [0.4, 0.5) is 0 Å². The number of carboxylic acid groups (broad SMARTS) is 1. The maximum Gasteiger partial charge on any atom is 0.330 e. The van der Waals surface area contributed by atoms with Crippen molar-refractivity contribution in [2.75, 3.05) is 26.2 Å². The maximum atomic E-state index is 10.6. The Labute approximate surface area is 104 Å². The first kappa shape index (κ1) is 14.2. The normalized spacial score (nSPS) is 20.2. The first-order chi connectivity index (χ1) is 8.11. The van der Waals surface area contributed by atoms with Crippen molar-refractivity contribution in [3.8, 4) is 0 Å². The van der Waals surface area contributed by atoms with Crippen molar-refractivity contribution in [1.82, 2.24) is 10.2 Å². The molecule has 0 radical (unpaired) electrons. The predicted octanol–water partition coefficient (Wildman–Crippen LogP) is 1.48. The highest BCUT2D eigenvalue weighted by molar-refractivity contribution is 5.85. The Hall–Kier alpha value is -0.870. The summed E-state index contributed by atoms with van der Waals surface area (Å²) >= 11 is 0. The number of carbonyl (C=O) groups is 1. The fourth-order valence-electron chi connectivity index (χ4n) is 2.09. The zero-order valence-electron chi connectivity index (χ0n) is 10.9. The summed E-state index contributed by atoms with van der Waals surface area (Å²) < 4.78 is 0. The molecule has 1 fully saturated rings. The van der Waals surface area contributed by atoms with Crippen LogP contribution in [0.2, 0.25) is 0 Å². The second-order valence-electron chi connectivity index (χ2n) is 4.80. The molecule has 1 saturated heterocycles. The minimum Gasteiger partial charge on any atom is -0.478 e. The summed E-state index contributed by atoms with van der Waals surface area (Å²) in [4.78, 5) is 13.1. The lowest BCUT2D eigenvalue weighted by molar-refractivity contribution is -0.132. The molecule has 1 unspecified atom stereocenters. The van der Waals surface area contributed by atoms with Gasteiger partial charge in [0.05, 0.1) is 0 Å². The van der Waals surface area contributed by atoms with Gasteiger partial charge < -0.3 is 10.4 Å². The van der Waals surface area contributed by atoms with E-state index >= 15 is 0 Å². The minimum absolute atomic E-state index is 0.406. The summed E-state index contributed by atoms with van der Waals surface area (Å²) in [7, 11) is 0. The lowest BCUT2D eigenvalue weighted by atomic mass is 10.1. The molecule has 0 aliphatic carbocycles. The van der Waals surface area contributed by atoms with Gasteiger partial charge in [-0.1, -0.05) is 12.5 Å². The molecule has 1 aliphatic rings. The Morgan fingerprint density at radius 2 is 2.06 bits per heavy atom. The van der Waals surface area contributed by atoms with Gasteiger partial charge in [-0.2, -0.15) is 0 Å². The lowest BCUT2D eigenvalue weighted by Crippen LogP contribution is -2.43. The SMILES string of the molecule is C/C(=C/CNCC(C)N1CCCCC1)C(=O)O. The average Bonchev–Trinajstić information content (AvgIpc) is 2.35. The topological polar surface area (TPSA) is 52.6 Å². The number of piperidine rings is 1. The van der Waals surface area contributed by atoms with Gasteiger partial charge in [0, 0.05) is 24.7 Å². The van der Waals surface area contributed by atoms with Crippen molar-refractivity contribution in [3.05, 3.63) is 11.6 Å². The highest BCUT2D eigenvalue weighted by Crippen LogP contribution is 2.11. The highest BCUT2D eigenvalue weighted by Gasteiger charge is 2.15. The van der Waals surface area contributed by atoms with Gasteiger partial charge in [0.25, 0.3) is 0 Å². The third-order valence-electron chi connectivity index (χ3n) is 3.34. The van der Waals surface area contributed by atoms with Crippen LogP contribution in [0.3, 0.4) is 0 Å². The summed E-state index contributed by atoms with van der Waals surface area (Å²) in [6, 6.07) is 0.536. The Balaban J connectivity index is 2.17. The summed E-state index contributed by atoms with van der Waals surface area (Å²) in [5.41, 5.74) is 0.406. The number of aliphatic carboxylic acids is 1. The van der Waals surface area contributed by atoms with Gasteiger partial charge in [-0.3, -0.25) is 4.90 Å². The Morgan fingerprint density at radius 1 is 1.41 bits per heavy atom. The van der Waals surface area contributed by atoms with Crippen LogP contribution in [-0.4, -0.2) is 48.2 Å². The number of nitrogens with zero attached hydrogens (tertiary/aromatic N) is 1. The van der Waals surface area contributed by atoms with Gasteiger partial charge in [-0.25, -0.2) is 4.79 Å². The van der Waals surface area contributed by atoms with E-state index in [-0.39, 0.29) is 0 Å². The fraction of sp³-hybridized carbons (Fsp3) is 0.769. The van der Waals surface area contributed by atoms with Crippen LogP contribution in [0.15, 0.2) is 11.6 Å². The van der Waals surface area contributed by atoms with Gasteiger partial charge >= 0.3 is 5.97 Å². The van der Waals surface area contributed by atoms with E-state index in [0.717, 1.165) is 6.54 Å². The van der Waals surface area contributed by atoms with Crippen LogP contribution < -0.4 is 5.32 Å². The Morgan fingerprint density at radius 3 is 2.65 bits per heavy atom. The number of nitrogens with one attached hydrogen (secondary N) is 1. The van der Waals surface area contributed by atoms with E-state index in [1.54, 1.807) is 13.0 Å². The lowest BCUT2D eigenvalue weighted by Gasteiger charge is -2.32. The molecular formula is C13H24N2O2. The molecule has 1 aliphatic heterocycles. The van der Waals surface area contributed by atoms with Crippen LogP contribution in [-0.2, 0) is 4.79 Å². The monoisotopic (exact) mass is 240 g/mol. The van der Waals surface area contributed by atoms with Crippen LogP contribution >= 0.6 is 0 Å². The fourth-order valence-corrected chi connectivity index (χ4v) is 2.09. The van der Waals surface area contributed by atoms with E-state index in [4.69, 9.17) is 5.11 Å². The van der Waals surface area contributed by atoms with Crippen molar-refractivity contribution in [2.45, 2.75) is 39.2 Å². The molecule has 0 saturated carbocycles. The number of likely N-dealkylation sites (tertiary alicyclic amines) is 1.